The second-order valence-corrected chi connectivity index (χ2v) is 5.53. The molecule has 4 unspecified atom stereocenters. The fraction of sp³-hybridized carbons (Fsp3) is 0.867. The molecule has 1 nitrogen and oxygen atoms in total. The summed E-state index contributed by atoms with van der Waals surface area (Å²) in [4.78, 5) is 0. The Labute approximate surface area is 100 Å². The van der Waals surface area contributed by atoms with E-state index in [1.807, 2.05) is 6.92 Å². The van der Waals surface area contributed by atoms with E-state index in [0.717, 1.165) is 30.7 Å². The first-order valence-electron chi connectivity index (χ1n) is 6.98. The van der Waals surface area contributed by atoms with Gasteiger partial charge >= 0.3 is 0 Å². The predicted octanol–water partition coefficient (Wildman–Crippen LogP) is 3.20. The Hall–Kier alpha value is -0.480. The minimum Gasteiger partial charge on any atom is -0.313 e. The number of hydrogen-bond donors (Lipinski definition) is 1. The van der Waals surface area contributed by atoms with Crippen molar-refractivity contribution in [3.8, 4) is 11.8 Å². The van der Waals surface area contributed by atoms with E-state index in [-0.39, 0.29) is 0 Å². The van der Waals surface area contributed by atoms with Crippen LogP contribution in [0.3, 0.4) is 0 Å². The lowest BCUT2D eigenvalue weighted by atomic mass is 9.82. The van der Waals surface area contributed by atoms with Crippen molar-refractivity contribution < 1.29 is 0 Å². The number of rotatable bonds is 5. The van der Waals surface area contributed by atoms with Crippen molar-refractivity contribution in [2.24, 2.45) is 17.8 Å². The first-order chi connectivity index (χ1) is 7.85. The third kappa shape index (κ3) is 2.61. The van der Waals surface area contributed by atoms with Crippen molar-refractivity contribution >= 4 is 0 Å². The molecule has 0 radical (unpaired) electrons. The van der Waals surface area contributed by atoms with Gasteiger partial charge in [-0.05, 0) is 56.9 Å². The van der Waals surface area contributed by atoms with Crippen LogP contribution in [0.2, 0.25) is 0 Å². The van der Waals surface area contributed by atoms with Crippen LogP contribution in [0.5, 0.6) is 0 Å². The molecule has 0 aromatic rings. The van der Waals surface area contributed by atoms with E-state index in [2.05, 4.69) is 24.1 Å². The molecule has 0 spiro atoms. The van der Waals surface area contributed by atoms with Crippen LogP contribution >= 0.6 is 0 Å². The molecule has 1 N–H and O–H groups in total. The lowest BCUT2D eigenvalue weighted by molar-refractivity contribution is 0.251. The quantitative estimate of drug-likeness (QED) is 0.700. The maximum absolute atomic E-state index is 3.73. The average Bonchev–Trinajstić information content (AvgIpc) is 2.91. The molecule has 2 aliphatic rings. The van der Waals surface area contributed by atoms with Crippen LogP contribution in [-0.4, -0.2) is 12.6 Å². The molecule has 0 aliphatic heterocycles. The molecule has 4 atom stereocenters. The number of nitrogens with one attached hydrogen (secondary N) is 1. The van der Waals surface area contributed by atoms with Gasteiger partial charge in [0, 0.05) is 12.5 Å². The summed E-state index contributed by atoms with van der Waals surface area (Å²) < 4.78 is 0. The standard InChI is InChI=1S/C15H25N/c1-3-5-6-15(16-9-4-2)14-11-12-7-8-13(14)10-12/h12-16H,4,6-11H2,1-2H3. The molecule has 90 valence electrons. The molecule has 2 aliphatic carbocycles. The molecular formula is C15H25N. The Morgan fingerprint density at radius 3 is 2.75 bits per heavy atom. The van der Waals surface area contributed by atoms with Crippen LogP contribution < -0.4 is 5.32 Å². The smallest absolute Gasteiger partial charge is 0.0246 e. The molecule has 0 heterocycles. The highest BCUT2D eigenvalue weighted by Crippen LogP contribution is 2.49. The minimum atomic E-state index is 0.669. The highest BCUT2D eigenvalue weighted by Gasteiger charge is 2.42. The average molecular weight is 219 g/mol. The summed E-state index contributed by atoms with van der Waals surface area (Å²) >= 11 is 0. The van der Waals surface area contributed by atoms with Crippen molar-refractivity contribution in [2.45, 2.75) is 58.4 Å². The largest absolute Gasteiger partial charge is 0.313 e. The molecule has 1 heteroatoms. The van der Waals surface area contributed by atoms with Crippen molar-refractivity contribution in [3.63, 3.8) is 0 Å². The Morgan fingerprint density at radius 1 is 1.31 bits per heavy atom. The van der Waals surface area contributed by atoms with Crippen LogP contribution in [0.4, 0.5) is 0 Å². The molecule has 2 saturated carbocycles. The van der Waals surface area contributed by atoms with E-state index in [1.165, 1.54) is 32.1 Å². The first-order valence-corrected chi connectivity index (χ1v) is 6.98. The second-order valence-electron chi connectivity index (χ2n) is 5.53. The van der Waals surface area contributed by atoms with Crippen LogP contribution in [-0.2, 0) is 0 Å². The zero-order valence-electron chi connectivity index (χ0n) is 10.8. The van der Waals surface area contributed by atoms with Crippen molar-refractivity contribution in [1.29, 1.82) is 0 Å². The monoisotopic (exact) mass is 219 g/mol. The van der Waals surface area contributed by atoms with Gasteiger partial charge in [0.2, 0.25) is 0 Å². The van der Waals surface area contributed by atoms with Gasteiger partial charge in [0.25, 0.3) is 0 Å². The fourth-order valence-electron chi connectivity index (χ4n) is 3.70. The van der Waals surface area contributed by atoms with Crippen molar-refractivity contribution in [3.05, 3.63) is 0 Å². The summed E-state index contributed by atoms with van der Waals surface area (Å²) in [7, 11) is 0. The van der Waals surface area contributed by atoms with Crippen LogP contribution in [0, 0.1) is 29.6 Å². The lowest BCUT2D eigenvalue weighted by Gasteiger charge is -2.30. The third-order valence-electron chi connectivity index (χ3n) is 4.46. The summed E-state index contributed by atoms with van der Waals surface area (Å²) in [5.74, 6) is 9.32. The molecule has 0 amide bonds. The van der Waals surface area contributed by atoms with Crippen molar-refractivity contribution in [1.82, 2.24) is 5.32 Å². The zero-order valence-corrected chi connectivity index (χ0v) is 10.8. The van der Waals surface area contributed by atoms with Crippen LogP contribution in [0.15, 0.2) is 0 Å². The molecule has 2 rings (SSSR count). The highest BCUT2D eigenvalue weighted by molar-refractivity contribution is 5.03. The van der Waals surface area contributed by atoms with Gasteiger partial charge in [-0.1, -0.05) is 13.3 Å². The SMILES string of the molecule is CC#CCC(NCCC)C1CC2CCC1C2. The molecule has 0 aromatic heterocycles. The molecule has 0 saturated heterocycles. The fourth-order valence-corrected chi connectivity index (χ4v) is 3.70. The lowest BCUT2D eigenvalue weighted by Crippen LogP contribution is -2.38. The Kier molecular flexibility index (Phi) is 4.29. The molecule has 2 fully saturated rings. The van der Waals surface area contributed by atoms with Gasteiger partial charge in [-0.25, -0.2) is 0 Å². The number of fused-ring (bicyclic) bond motifs is 2. The Balaban J connectivity index is 1.91. The van der Waals surface area contributed by atoms with E-state index in [1.54, 1.807) is 0 Å². The predicted molar refractivity (Wildman–Crippen MR) is 69.1 cm³/mol. The summed E-state index contributed by atoms with van der Waals surface area (Å²) in [6, 6.07) is 0.669. The van der Waals surface area contributed by atoms with Gasteiger partial charge in [-0.3, -0.25) is 0 Å². The van der Waals surface area contributed by atoms with E-state index in [9.17, 15) is 0 Å². The summed E-state index contributed by atoms with van der Waals surface area (Å²) in [5.41, 5.74) is 0. The van der Waals surface area contributed by atoms with E-state index >= 15 is 0 Å². The van der Waals surface area contributed by atoms with E-state index in [0.29, 0.717) is 6.04 Å². The van der Waals surface area contributed by atoms with Gasteiger partial charge < -0.3 is 5.32 Å². The Morgan fingerprint density at radius 2 is 2.19 bits per heavy atom. The normalized spacial score (nSPS) is 33.5. The van der Waals surface area contributed by atoms with E-state index < -0.39 is 0 Å². The topological polar surface area (TPSA) is 12.0 Å². The number of hydrogen-bond acceptors (Lipinski definition) is 1. The maximum Gasteiger partial charge on any atom is 0.0246 e. The second kappa shape index (κ2) is 5.73. The maximum atomic E-state index is 3.73. The molecular weight excluding hydrogens is 194 g/mol. The van der Waals surface area contributed by atoms with Gasteiger partial charge in [0.15, 0.2) is 0 Å². The van der Waals surface area contributed by atoms with E-state index in [4.69, 9.17) is 0 Å². The summed E-state index contributed by atoms with van der Waals surface area (Å²) in [6.45, 7) is 5.36. The third-order valence-corrected chi connectivity index (χ3v) is 4.46. The zero-order chi connectivity index (χ0) is 11.4. The highest BCUT2D eigenvalue weighted by atomic mass is 14.9. The minimum absolute atomic E-state index is 0.669. The molecule has 0 aromatic carbocycles. The summed E-state index contributed by atoms with van der Waals surface area (Å²) in [6.07, 6.45) is 8.26. The van der Waals surface area contributed by atoms with Gasteiger partial charge in [-0.15, -0.1) is 11.8 Å². The van der Waals surface area contributed by atoms with Crippen LogP contribution in [0.1, 0.15) is 52.4 Å². The summed E-state index contributed by atoms with van der Waals surface area (Å²) in [5, 5.41) is 3.73. The van der Waals surface area contributed by atoms with Crippen molar-refractivity contribution in [2.75, 3.05) is 6.54 Å². The van der Waals surface area contributed by atoms with Gasteiger partial charge in [-0.2, -0.15) is 0 Å². The first kappa shape index (κ1) is 12.0. The molecule has 2 bridgehead atoms. The van der Waals surface area contributed by atoms with Gasteiger partial charge in [0.1, 0.15) is 0 Å². The van der Waals surface area contributed by atoms with Gasteiger partial charge in [0.05, 0.1) is 0 Å². The molecule has 16 heavy (non-hydrogen) atoms. The van der Waals surface area contributed by atoms with Crippen LogP contribution in [0.25, 0.3) is 0 Å². The Bertz CT molecular complexity index is 273.